The van der Waals surface area contributed by atoms with Gasteiger partial charge in [-0.15, -0.1) is 12.4 Å². The topological polar surface area (TPSA) is 55.1 Å². The number of rotatable bonds is 6. The van der Waals surface area contributed by atoms with E-state index in [1.165, 1.54) is 12.1 Å². The molecule has 0 saturated carbocycles. The van der Waals surface area contributed by atoms with Gasteiger partial charge in [-0.25, -0.2) is 4.39 Å². The van der Waals surface area contributed by atoms with E-state index in [-0.39, 0.29) is 29.5 Å². The van der Waals surface area contributed by atoms with Crippen molar-refractivity contribution in [2.75, 3.05) is 6.54 Å². The first kappa shape index (κ1) is 19.9. The van der Waals surface area contributed by atoms with Crippen LogP contribution in [0.5, 0.6) is 0 Å². The molecular formula is C16H26ClFN2O. The van der Waals surface area contributed by atoms with Crippen LogP contribution in [0.1, 0.15) is 39.7 Å². The summed E-state index contributed by atoms with van der Waals surface area (Å²) in [6.07, 6.45) is 0.669. The summed E-state index contributed by atoms with van der Waals surface area (Å²) in [6.45, 7) is 8.57. The lowest BCUT2D eigenvalue weighted by atomic mass is 9.84. The smallest absolute Gasteiger partial charge is 0.236 e. The molecule has 1 aromatic carbocycles. The van der Waals surface area contributed by atoms with Crippen molar-refractivity contribution in [3.05, 3.63) is 35.6 Å². The normalized spacial score (nSPS) is 12.7. The van der Waals surface area contributed by atoms with E-state index in [1.807, 2.05) is 27.7 Å². The number of nitrogens with one attached hydrogen (secondary N) is 1. The Bertz CT molecular complexity index is 446. The summed E-state index contributed by atoms with van der Waals surface area (Å²) in [6, 6.07) is 5.89. The van der Waals surface area contributed by atoms with Crippen molar-refractivity contribution in [1.82, 2.24) is 5.32 Å². The van der Waals surface area contributed by atoms with Crippen molar-refractivity contribution >= 4 is 18.3 Å². The van der Waals surface area contributed by atoms with Crippen LogP contribution in [0.15, 0.2) is 24.3 Å². The molecule has 0 unspecified atom stereocenters. The van der Waals surface area contributed by atoms with E-state index in [4.69, 9.17) is 5.73 Å². The predicted molar refractivity (Wildman–Crippen MR) is 87.1 cm³/mol. The van der Waals surface area contributed by atoms with Gasteiger partial charge in [0, 0.05) is 12.0 Å². The Morgan fingerprint density at radius 1 is 1.29 bits per heavy atom. The molecule has 0 aliphatic heterocycles. The van der Waals surface area contributed by atoms with Gasteiger partial charge in [0.15, 0.2) is 0 Å². The average Bonchev–Trinajstić information content (AvgIpc) is 2.35. The van der Waals surface area contributed by atoms with Crippen molar-refractivity contribution in [3.63, 3.8) is 0 Å². The van der Waals surface area contributed by atoms with Crippen LogP contribution in [0.25, 0.3) is 0 Å². The van der Waals surface area contributed by atoms with Gasteiger partial charge in [-0.3, -0.25) is 4.79 Å². The number of hydrogen-bond donors (Lipinski definition) is 2. The molecule has 1 atom stereocenters. The van der Waals surface area contributed by atoms with Gasteiger partial charge in [0.1, 0.15) is 5.82 Å². The molecular weight excluding hydrogens is 291 g/mol. The molecule has 21 heavy (non-hydrogen) atoms. The first-order valence-corrected chi connectivity index (χ1v) is 7.01. The second kappa shape index (κ2) is 8.35. The SMILES string of the molecule is CC(C)C[C@H](N)C(=O)NCC(C)(C)c1ccc(F)cc1.Cl. The molecule has 120 valence electrons. The van der Waals surface area contributed by atoms with Crippen LogP contribution in [0, 0.1) is 11.7 Å². The Balaban J connectivity index is 0.00000400. The Morgan fingerprint density at radius 3 is 2.29 bits per heavy atom. The number of carbonyl (C=O) groups excluding carboxylic acids is 1. The number of hydrogen-bond acceptors (Lipinski definition) is 2. The van der Waals surface area contributed by atoms with Crippen LogP contribution in [-0.4, -0.2) is 18.5 Å². The van der Waals surface area contributed by atoms with Crippen molar-refractivity contribution < 1.29 is 9.18 Å². The Labute approximate surface area is 132 Å². The fourth-order valence-electron chi connectivity index (χ4n) is 2.06. The van der Waals surface area contributed by atoms with E-state index in [1.54, 1.807) is 12.1 Å². The highest BCUT2D eigenvalue weighted by atomic mass is 35.5. The van der Waals surface area contributed by atoms with Gasteiger partial charge < -0.3 is 11.1 Å². The summed E-state index contributed by atoms with van der Waals surface area (Å²) in [5.74, 6) is 0.00212. The molecule has 0 fully saturated rings. The third-order valence-corrected chi connectivity index (χ3v) is 3.39. The molecule has 0 bridgehead atoms. The summed E-state index contributed by atoms with van der Waals surface area (Å²) in [5, 5.41) is 2.88. The number of carbonyl (C=O) groups is 1. The number of benzene rings is 1. The summed E-state index contributed by atoms with van der Waals surface area (Å²) < 4.78 is 12.9. The summed E-state index contributed by atoms with van der Waals surface area (Å²) >= 11 is 0. The molecule has 0 spiro atoms. The van der Waals surface area contributed by atoms with Gasteiger partial charge in [-0.2, -0.15) is 0 Å². The van der Waals surface area contributed by atoms with Gasteiger partial charge in [0.05, 0.1) is 6.04 Å². The molecule has 0 saturated heterocycles. The molecule has 0 radical (unpaired) electrons. The van der Waals surface area contributed by atoms with Crippen LogP contribution in [0.2, 0.25) is 0 Å². The maximum Gasteiger partial charge on any atom is 0.236 e. The monoisotopic (exact) mass is 316 g/mol. The number of nitrogens with two attached hydrogens (primary N) is 1. The molecule has 1 amide bonds. The lowest BCUT2D eigenvalue weighted by Crippen LogP contribution is -2.45. The summed E-state index contributed by atoms with van der Waals surface area (Å²) in [4.78, 5) is 11.9. The highest BCUT2D eigenvalue weighted by Crippen LogP contribution is 2.22. The minimum absolute atomic E-state index is 0. The van der Waals surface area contributed by atoms with Crippen LogP contribution >= 0.6 is 12.4 Å². The molecule has 0 aliphatic rings. The first-order chi connectivity index (χ1) is 9.22. The highest BCUT2D eigenvalue weighted by Gasteiger charge is 2.23. The first-order valence-electron chi connectivity index (χ1n) is 7.01. The third-order valence-electron chi connectivity index (χ3n) is 3.39. The van der Waals surface area contributed by atoms with E-state index < -0.39 is 6.04 Å². The van der Waals surface area contributed by atoms with E-state index in [9.17, 15) is 9.18 Å². The minimum atomic E-state index is -0.473. The van der Waals surface area contributed by atoms with Crippen molar-refractivity contribution in [2.45, 2.75) is 45.6 Å². The lowest BCUT2D eigenvalue weighted by molar-refractivity contribution is -0.122. The van der Waals surface area contributed by atoms with E-state index in [0.717, 1.165) is 5.56 Å². The zero-order valence-electron chi connectivity index (χ0n) is 13.2. The zero-order chi connectivity index (χ0) is 15.3. The molecule has 0 aromatic heterocycles. The van der Waals surface area contributed by atoms with Crippen molar-refractivity contribution in [2.24, 2.45) is 11.7 Å². The van der Waals surface area contributed by atoms with Crippen LogP contribution < -0.4 is 11.1 Å². The lowest BCUT2D eigenvalue weighted by Gasteiger charge is -2.26. The number of halogens is 2. The van der Waals surface area contributed by atoms with E-state index in [2.05, 4.69) is 5.32 Å². The summed E-state index contributed by atoms with van der Waals surface area (Å²) in [7, 11) is 0. The average molecular weight is 317 g/mol. The van der Waals surface area contributed by atoms with Gasteiger partial charge in [-0.05, 0) is 30.0 Å². The quantitative estimate of drug-likeness (QED) is 0.847. The Morgan fingerprint density at radius 2 is 1.81 bits per heavy atom. The van der Waals surface area contributed by atoms with Gasteiger partial charge >= 0.3 is 0 Å². The summed E-state index contributed by atoms with van der Waals surface area (Å²) in [5.41, 5.74) is 6.56. The second-order valence-electron chi connectivity index (χ2n) is 6.34. The number of amides is 1. The predicted octanol–water partition coefficient (Wildman–Crippen LogP) is 3.01. The van der Waals surface area contributed by atoms with Gasteiger partial charge in [-0.1, -0.05) is 39.8 Å². The molecule has 5 heteroatoms. The van der Waals surface area contributed by atoms with E-state index in [0.29, 0.717) is 18.9 Å². The van der Waals surface area contributed by atoms with Crippen LogP contribution in [0.4, 0.5) is 4.39 Å². The third kappa shape index (κ3) is 6.44. The maximum absolute atomic E-state index is 12.9. The molecule has 1 rings (SSSR count). The molecule has 3 N–H and O–H groups in total. The standard InChI is InChI=1S/C16H25FN2O.ClH/c1-11(2)9-14(18)15(20)19-10-16(3,4)12-5-7-13(17)8-6-12;/h5-8,11,14H,9-10,18H2,1-4H3,(H,19,20);1H/t14-;/m0./s1. The Kier molecular flexibility index (Phi) is 7.90. The minimum Gasteiger partial charge on any atom is -0.354 e. The zero-order valence-corrected chi connectivity index (χ0v) is 14.0. The van der Waals surface area contributed by atoms with Crippen molar-refractivity contribution in [1.29, 1.82) is 0 Å². The maximum atomic E-state index is 12.9. The second-order valence-corrected chi connectivity index (χ2v) is 6.34. The molecule has 0 aliphatic carbocycles. The molecule has 1 aromatic rings. The molecule has 3 nitrogen and oxygen atoms in total. The fraction of sp³-hybridized carbons (Fsp3) is 0.562. The Hall–Kier alpha value is -1.13. The fourth-order valence-corrected chi connectivity index (χ4v) is 2.06. The molecule has 0 heterocycles. The highest BCUT2D eigenvalue weighted by molar-refractivity contribution is 5.85. The van der Waals surface area contributed by atoms with Gasteiger partial charge in [0.25, 0.3) is 0 Å². The largest absolute Gasteiger partial charge is 0.354 e. The van der Waals surface area contributed by atoms with Gasteiger partial charge in [0.2, 0.25) is 5.91 Å². The van der Waals surface area contributed by atoms with E-state index >= 15 is 0 Å². The van der Waals surface area contributed by atoms with Crippen molar-refractivity contribution in [3.8, 4) is 0 Å². The van der Waals surface area contributed by atoms with Crippen LogP contribution in [0.3, 0.4) is 0 Å². The van der Waals surface area contributed by atoms with Crippen LogP contribution in [-0.2, 0) is 10.2 Å².